The van der Waals surface area contributed by atoms with Crippen molar-refractivity contribution in [2.75, 3.05) is 31.6 Å². The summed E-state index contributed by atoms with van der Waals surface area (Å²) in [6, 6.07) is 4.26. The smallest absolute Gasteiger partial charge is 0.125 e. The van der Waals surface area contributed by atoms with E-state index in [2.05, 4.69) is 41.2 Å². The van der Waals surface area contributed by atoms with Gasteiger partial charge in [-0.15, -0.1) is 0 Å². The number of nitrogens with one attached hydrogen (secondary N) is 1. The third kappa shape index (κ3) is 4.76. The number of piperidine rings is 1. The molecular weight excluding hydrogens is 250 g/mol. The monoisotopic (exact) mass is 277 g/mol. The van der Waals surface area contributed by atoms with Crippen LogP contribution in [0.3, 0.4) is 0 Å². The molecule has 0 bridgehead atoms. The number of likely N-dealkylation sites (tertiary alicyclic amines) is 1. The van der Waals surface area contributed by atoms with Gasteiger partial charge in [-0.25, -0.2) is 4.98 Å². The molecule has 1 saturated heterocycles. The quantitative estimate of drug-likeness (QED) is 0.831. The number of hydrogen-bond acceptors (Lipinski definition) is 4. The van der Waals surface area contributed by atoms with E-state index in [1.54, 1.807) is 0 Å². The van der Waals surface area contributed by atoms with Crippen molar-refractivity contribution in [1.82, 2.24) is 9.88 Å². The molecule has 0 spiro atoms. The number of pyridine rings is 1. The highest BCUT2D eigenvalue weighted by molar-refractivity contribution is 5.35. The van der Waals surface area contributed by atoms with E-state index < -0.39 is 0 Å². The molecule has 4 heteroatoms. The Morgan fingerprint density at radius 1 is 1.30 bits per heavy atom. The second kappa shape index (κ2) is 8.22. The largest absolute Gasteiger partial charge is 0.378 e. The van der Waals surface area contributed by atoms with Crippen LogP contribution in [-0.2, 0) is 11.3 Å². The molecule has 0 saturated carbocycles. The summed E-state index contributed by atoms with van der Waals surface area (Å²) < 4.78 is 5.69. The molecule has 112 valence electrons. The fraction of sp³-hybridized carbons (Fsp3) is 0.688. The van der Waals surface area contributed by atoms with Crippen LogP contribution < -0.4 is 5.32 Å². The Morgan fingerprint density at radius 2 is 2.10 bits per heavy atom. The van der Waals surface area contributed by atoms with Gasteiger partial charge < -0.3 is 10.1 Å². The molecular formula is C16H27N3O. The van der Waals surface area contributed by atoms with Crippen LogP contribution in [0.2, 0.25) is 0 Å². The van der Waals surface area contributed by atoms with E-state index in [0.717, 1.165) is 57.9 Å². The molecule has 0 amide bonds. The summed E-state index contributed by atoms with van der Waals surface area (Å²) in [7, 11) is 0. The molecule has 0 radical (unpaired) electrons. The highest BCUT2D eigenvalue weighted by atomic mass is 16.5. The van der Waals surface area contributed by atoms with Gasteiger partial charge in [0.05, 0.1) is 6.10 Å². The first kappa shape index (κ1) is 15.3. The number of nitrogens with zero attached hydrogens (tertiary/aromatic N) is 2. The Morgan fingerprint density at radius 3 is 2.70 bits per heavy atom. The lowest BCUT2D eigenvalue weighted by Gasteiger charge is -2.31. The maximum atomic E-state index is 5.69. The maximum absolute atomic E-state index is 5.69. The van der Waals surface area contributed by atoms with Gasteiger partial charge in [0, 0.05) is 39.0 Å². The van der Waals surface area contributed by atoms with Gasteiger partial charge in [-0.1, -0.05) is 13.0 Å². The minimum atomic E-state index is 0.468. The first-order valence-corrected chi connectivity index (χ1v) is 7.84. The van der Waals surface area contributed by atoms with E-state index >= 15 is 0 Å². The van der Waals surface area contributed by atoms with Gasteiger partial charge in [0.15, 0.2) is 0 Å². The van der Waals surface area contributed by atoms with Crippen molar-refractivity contribution in [3.63, 3.8) is 0 Å². The first-order valence-electron chi connectivity index (χ1n) is 7.84. The summed E-state index contributed by atoms with van der Waals surface area (Å²) >= 11 is 0. The standard InChI is InChI=1S/C16H27N3O/c1-3-9-17-16-6-5-14(12-18-16)13-19-10-7-15(8-11-19)20-4-2/h5-6,12,15H,3-4,7-11,13H2,1-2H3,(H,17,18). The summed E-state index contributed by atoms with van der Waals surface area (Å²) in [5.41, 5.74) is 1.29. The lowest BCUT2D eigenvalue weighted by molar-refractivity contribution is 0.0125. The van der Waals surface area contributed by atoms with Crippen LogP contribution in [-0.4, -0.2) is 42.2 Å². The summed E-state index contributed by atoms with van der Waals surface area (Å²) in [6.07, 6.45) is 5.88. The molecule has 1 aliphatic heterocycles. The van der Waals surface area contributed by atoms with Gasteiger partial charge in [-0.05, 0) is 37.8 Å². The number of anilines is 1. The molecule has 20 heavy (non-hydrogen) atoms. The number of ether oxygens (including phenoxy) is 1. The SMILES string of the molecule is CCCNc1ccc(CN2CCC(OCC)CC2)cn1. The van der Waals surface area contributed by atoms with E-state index in [1.165, 1.54) is 5.56 Å². The molecule has 1 N–H and O–H groups in total. The summed E-state index contributed by atoms with van der Waals surface area (Å²) in [5, 5.41) is 3.30. The van der Waals surface area contributed by atoms with Crippen molar-refractivity contribution < 1.29 is 4.74 Å². The molecule has 2 rings (SSSR count). The Hall–Kier alpha value is -1.13. The van der Waals surface area contributed by atoms with Crippen molar-refractivity contribution in [2.24, 2.45) is 0 Å². The maximum Gasteiger partial charge on any atom is 0.125 e. The molecule has 0 atom stereocenters. The van der Waals surface area contributed by atoms with Gasteiger partial charge >= 0.3 is 0 Å². The number of rotatable bonds is 7. The van der Waals surface area contributed by atoms with E-state index in [1.807, 2.05) is 6.20 Å². The van der Waals surface area contributed by atoms with Gasteiger partial charge in [0.2, 0.25) is 0 Å². The Bertz CT molecular complexity index is 372. The zero-order valence-corrected chi connectivity index (χ0v) is 12.8. The minimum absolute atomic E-state index is 0.468. The molecule has 0 unspecified atom stereocenters. The van der Waals surface area contributed by atoms with Crippen molar-refractivity contribution in [1.29, 1.82) is 0 Å². The minimum Gasteiger partial charge on any atom is -0.378 e. The molecule has 1 aliphatic rings. The molecule has 1 aromatic rings. The molecule has 0 aliphatic carbocycles. The fourth-order valence-corrected chi connectivity index (χ4v) is 2.60. The predicted octanol–water partition coefficient (Wildman–Crippen LogP) is 2.90. The number of aromatic nitrogens is 1. The van der Waals surface area contributed by atoms with Crippen molar-refractivity contribution in [3.05, 3.63) is 23.9 Å². The second-order valence-electron chi connectivity index (χ2n) is 5.41. The van der Waals surface area contributed by atoms with Crippen LogP contribution >= 0.6 is 0 Å². The average molecular weight is 277 g/mol. The van der Waals surface area contributed by atoms with Gasteiger partial charge in [0.25, 0.3) is 0 Å². The van der Waals surface area contributed by atoms with E-state index in [9.17, 15) is 0 Å². The van der Waals surface area contributed by atoms with Crippen molar-refractivity contribution in [3.8, 4) is 0 Å². The van der Waals surface area contributed by atoms with Crippen LogP contribution in [0, 0.1) is 0 Å². The van der Waals surface area contributed by atoms with Crippen LogP contribution in [0.15, 0.2) is 18.3 Å². The molecule has 2 heterocycles. The van der Waals surface area contributed by atoms with Crippen molar-refractivity contribution >= 4 is 5.82 Å². The third-order valence-electron chi connectivity index (χ3n) is 3.72. The molecule has 4 nitrogen and oxygen atoms in total. The molecule has 1 aromatic heterocycles. The third-order valence-corrected chi connectivity index (χ3v) is 3.72. The Balaban J connectivity index is 1.76. The fourth-order valence-electron chi connectivity index (χ4n) is 2.60. The van der Waals surface area contributed by atoms with Crippen LogP contribution in [0.4, 0.5) is 5.82 Å². The lowest BCUT2D eigenvalue weighted by atomic mass is 10.1. The van der Waals surface area contributed by atoms with E-state index in [0.29, 0.717) is 6.10 Å². The summed E-state index contributed by atoms with van der Waals surface area (Å²) in [4.78, 5) is 6.96. The zero-order chi connectivity index (χ0) is 14.2. The normalized spacial score (nSPS) is 17.3. The zero-order valence-electron chi connectivity index (χ0n) is 12.8. The van der Waals surface area contributed by atoms with E-state index in [4.69, 9.17) is 4.74 Å². The lowest BCUT2D eigenvalue weighted by Crippen LogP contribution is -2.36. The second-order valence-corrected chi connectivity index (χ2v) is 5.41. The van der Waals surface area contributed by atoms with Crippen LogP contribution in [0.5, 0.6) is 0 Å². The molecule has 1 fully saturated rings. The van der Waals surface area contributed by atoms with Gasteiger partial charge in [-0.3, -0.25) is 4.90 Å². The van der Waals surface area contributed by atoms with Crippen molar-refractivity contribution in [2.45, 2.75) is 45.8 Å². The van der Waals surface area contributed by atoms with E-state index in [-0.39, 0.29) is 0 Å². The van der Waals surface area contributed by atoms with Crippen LogP contribution in [0.1, 0.15) is 38.7 Å². The summed E-state index contributed by atoms with van der Waals surface area (Å²) in [5.74, 6) is 0.977. The Kier molecular flexibility index (Phi) is 6.27. The van der Waals surface area contributed by atoms with Gasteiger partial charge in [0.1, 0.15) is 5.82 Å². The van der Waals surface area contributed by atoms with Gasteiger partial charge in [-0.2, -0.15) is 0 Å². The highest BCUT2D eigenvalue weighted by Crippen LogP contribution is 2.16. The summed E-state index contributed by atoms with van der Waals surface area (Å²) in [6.45, 7) is 9.30. The average Bonchev–Trinajstić information content (AvgIpc) is 2.49. The topological polar surface area (TPSA) is 37.4 Å². The Labute approximate surface area is 122 Å². The van der Waals surface area contributed by atoms with Crippen LogP contribution in [0.25, 0.3) is 0 Å². The number of hydrogen-bond donors (Lipinski definition) is 1. The molecule has 0 aromatic carbocycles. The first-order chi connectivity index (χ1) is 9.81. The highest BCUT2D eigenvalue weighted by Gasteiger charge is 2.19. The predicted molar refractivity (Wildman–Crippen MR) is 82.9 cm³/mol.